The predicted molar refractivity (Wildman–Crippen MR) is 89.1 cm³/mol. The number of nitrogens with one attached hydrogen (secondary N) is 1. The number of hydrogen-bond acceptors (Lipinski definition) is 3. The van der Waals surface area contributed by atoms with Crippen molar-refractivity contribution >= 4 is 11.9 Å². The van der Waals surface area contributed by atoms with E-state index in [0.29, 0.717) is 12.6 Å². The molecule has 0 bridgehead atoms. The fourth-order valence-corrected chi connectivity index (χ4v) is 4.06. The molecule has 0 radical (unpaired) electrons. The van der Waals surface area contributed by atoms with Crippen molar-refractivity contribution in [2.24, 2.45) is 5.92 Å². The molecule has 0 aromatic rings. The van der Waals surface area contributed by atoms with Gasteiger partial charge in [-0.2, -0.15) is 0 Å². The van der Waals surface area contributed by atoms with E-state index in [1.165, 1.54) is 0 Å². The highest BCUT2D eigenvalue weighted by molar-refractivity contribution is 5.81. The highest BCUT2D eigenvalue weighted by Gasteiger charge is 2.36. The van der Waals surface area contributed by atoms with E-state index in [-0.39, 0.29) is 23.9 Å². The summed E-state index contributed by atoms with van der Waals surface area (Å²) in [7, 11) is 0. The van der Waals surface area contributed by atoms with Gasteiger partial charge in [-0.3, -0.25) is 4.79 Å². The summed E-state index contributed by atoms with van der Waals surface area (Å²) in [4.78, 5) is 31.4. The molecule has 23 heavy (non-hydrogen) atoms. The third-order valence-corrected chi connectivity index (χ3v) is 5.74. The summed E-state index contributed by atoms with van der Waals surface area (Å²) in [6.45, 7) is 9.03. The third-order valence-electron chi connectivity index (χ3n) is 5.74. The molecule has 3 fully saturated rings. The van der Waals surface area contributed by atoms with E-state index in [1.54, 1.807) is 0 Å². The lowest BCUT2D eigenvalue weighted by atomic mass is 9.94. The maximum Gasteiger partial charge on any atom is 0.320 e. The summed E-state index contributed by atoms with van der Waals surface area (Å²) in [5.41, 5.74) is 0. The third kappa shape index (κ3) is 3.47. The van der Waals surface area contributed by atoms with E-state index in [4.69, 9.17) is 0 Å². The van der Waals surface area contributed by atoms with Crippen LogP contribution in [0.2, 0.25) is 0 Å². The Morgan fingerprint density at radius 1 is 0.957 bits per heavy atom. The first kappa shape index (κ1) is 16.6. The number of piperidine rings is 1. The SMILES string of the molecule is CC1NCCN(C(=O)C2CCCN(C(=O)N3CCCC3)C2)C1C. The van der Waals surface area contributed by atoms with Crippen molar-refractivity contribution in [2.45, 2.75) is 51.6 Å². The lowest BCUT2D eigenvalue weighted by molar-refractivity contribution is -0.140. The van der Waals surface area contributed by atoms with Crippen LogP contribution in [0.1, 0.15) is 39.5 Å². The fraction of sp³-hybridized carbons (Fsp3) is 0.882. The van der Waals surface area contributed by atoms with Crippen LogP contribution in [0.4, 0.5) is 4.79 Å². The smallest absolute Gasteiger partial charge is 0.320 e. The lowest BCUT2D eigenvalue weighted by Gasteiger charge is -2.42. The number of rotatable bonds is 1. The van der Waals surface area contributed by atoms with Crippen molar-refractivity contribution in [3.63, 3.8) is 0 Å². The van der Waals surface area contributed by atoms with Gasteiger partial charge in [-0.1, -0.05) is 0 Å². The molecule has 0 aliphatic carbocycles. The van der Waals surface area contributed by atoms with Crippen LogP contribution >= 0.6 is 0 Å². The van der Waals surface area contributed by atoms with Gasteiger partial charge in [0.05, 0.1) is 5.92 Å². The molecule has 3 rings (SSSR count). The van der Waals surface area contributed by atoms with Gasteiger partial charge >= 0.3 is 6.03 Å². The van der Waals surface area contributed by atoms with Gasteiger partial charge in [-0.25, -0.2) is 4.79 Å². The molecule has 3 amide bonds. The topological polar surface area (TPSA) is 55.9 Å². The Morgan fingerprint density at radius 3 is 2.39 bits per heavy atom. The first-order valence-corrected chi connectivity index (χ1v) is 9.15. The van der Waals surface area contributed by atoms with Crippen molar-refractivity contribution in [3.8, 4) is 0 Å². The van der Waals surface area contributed by atoms with Crippen LogP contribution in [-0.2, 0) is 4.79 Å². The van der Waals surface area contributed by atoms with Gasteiger partial charge in [-0.05, 0) is 39.5 Å². The predicted octanol–water partition coefficient (Wildman–Crippen LogP) is 1.12. The van der Waals surface area contributed by atoms with Crippen LogP contribution in [-0.4, -0.2) is 78.0 Å². The minimum absolute atomic E-state index is 0.0250. The molecule has 3 aliphatic heterocycles. The molecule has 130 valence electrons. The number of likely N-dealkylation sites (tertiary alicyclic amines) is 2. The highest BCUT2D eigenvalue weighted by atomic mass is 16.2. The quantitative estimate of drug-likeness (QED) is 0.787. The van der Waals surface area contributed by atoms with Crippen LogP contribution in [0.5, 0.6) is 0 Å². The standard InChI is InChI=1S/C17H30N4O2/c1-13-14(2)21(11-7-18-13)16(22)15-6-5-10-20(12-15)17(23)19-8-3-4-9-19/h13-15,18H,3-12H2,1-2H3. The van der Waals surface area contributed by atoms with Crippen LogP contribution < -0.4 is 5.32 Å². The summed E-state index contributed by atoms with van der Waals surface area (Å²) >= 11 is 0. The summed E-state index contributed by atoms with van der Waals surface area (Å²) < 4.78 is 0. The largest absolute Gasteiger partial charge is 0.337 e. The molecule has 3 heterocycles. The zero-order valence-corrected chi connectivity index (χ0v) is 14.5. The average molecular weight is 322 g/mol. The van der Waals surface area contributed by atoms with Crippen molar-refractivity contribution in [3.05, 3.63) is 0 Å². The first-order valence-electron chi connectivity index (χ1n) is 9.15. The molecule has 0 saturated carbocycles. The second-order valence-electron chi connectivity index (χ2n) is 7.28. The summed E-state index contributed by atoms with van der Waals surface area (Å²) in [6, 6.07) is 0.696. The maximum absolute atomic E-state index is 12.9. The Balaban J connectivity index is 1.61. The molecule has 3 atom stereocenters. The number of carbonyl (C=O) groups excluding carboxylic acids is 2. The molecule has 6 heteroatoms. The van der Waals surface area contributed by atoms with Gasteiger partial charge in [0.1, 0.15) is 0 Å². The number of piperazine rings is 1. The molecular weight excluding hydrogens is 292 g/mol. The second kappa shape index (κ2) is 7.07. The van der Waals surface area contributed by atoms with Gasteiger partial charge in [-0.15, -0.1) is 0 Å². The van der Waals surface area contributed by atoms with Gasteiger partial charge in [0.25, 0.3) is 0 Å². The molecule has 0 aromatic heterocycles. The fourth-order valence-electron chi connectivity index (χ4n) is 4.06. The molecule has 3 saturated heterocycles. The Bertz CT molecular complexity index is 450. The summed E-state index contributed by atoms with van der Waals surface area (Å²) in [6.07, 6.45) is 4.07. The number of nitrogens with zero attached hydrogens (tertiary/aromatic N) is 3. The normalized spacial score (nSPS) is 32.3. The Hall–Kier alpha value is -1.30. The summed E-state index contributed by atoms with van der Waals surface area (Å²) in [5, 5.41) is 3.42. The van der Waals surface area contributed by atoms with Crippen LogP contribution in [0, 0.1) is 5.92 Å². The number of urea groups is 1. The van der Waals surface area contributed by atoms with E-state index in [9.17, 15) is 9.59 Å². The molecule has 0 aromatic carbocycles. The molecule has 1 N–H and O–H groups in total. The van der Waals surface area contributed by atoms with E-state index >= 15 is 0 Å². The van der Waals surface area contributed by atoms with E-state index in [1.807, 2.05) is 14.7 Å². The zero-order chi connectivity index (χ0) is 16.4. The lowest BCUT2D eigenvalue weighted by Crippen LogP contribution is -2.59. The first-order chi connectivity index (χ1) is 11.1. The molecule has 0 spiro atoms. The molecule has 6 nitrogen and oxygen atoms in total. The van der Waals surface area contributed by atoms with Gasteiger partial charge in [0, 0.05) is 51.4 Å². The van der Waals surface area contributed by atoms with Crippen LogP contribution in [0.15, 0.2) is 0 Å². The van der Waals surface area contributed by atoms with E-state index in [2.05, 4.69) is 19.2 Å². The second-order valence-corrected chi connectivity index (χ2v) is 7.28. The summed E-state index contributed by atoms with van der Waals surface area (Å²) in [5.74, 6) is 0.216. The number of hydrogen-bond donors (Lipinski definition) is 1. The zero-order valence-electron chi connectivity index (χ0n) is 14.5. The highest BCUT2D eigenvalue weighted by Crippen LogP contribution is 2.23. The van der Waals surface area contributed by atoms with Gasteiger partial charge < -0.3 is 20.0 Å². The minimum atomic E-state index is -0.0250. The van der Waals surface area contributed by atoms with E-state index < -0.39 is 0 Å². The molecule has 3 unspecified atom stereocenters. The van der Waals surface area contributed by atoms with Crippen molar-refractivity contribution in [2.75, 3.05) is 39.3 Å². The van der Waals surface area contributed by atoms with Crippen LogP contribution in [0.25, 0.3) is 0 Å². The van der Waals surface area contributed by atoms with E-state index in [0.717, 1.165) is 58.4 Å². The monoisotopic (exact) mass is 322 g/mol. The molecule has 3 aliphatic rings. The van der Waals surface area contributed by atoms with Gasteiger partial charge in [0.15, 0.2) is 0 Å². The number of carbonyl (C=O) groups is 2. The van der Waals surface area contributed by atoms with Crippen molar-refractivity contribution in [1.29, 1.82) is 0 Å². The Labute approximate surface area is 139 Å². The number of amides is 3. The minimum Gasteiger partial charge on any atom is -0.337 e. The average Bonchev–Trinajstić information content (AvgIpc) is 3.11. The Morgan fingerprint density at radius 2 is 1.65 bits per heavy atom. The van der Waals surface area contributed by atoms with Crippen LogP contribution in [0.3, 0.4) is 0 Å². The Kier molecular flexibility index (Phi) is 5.09. The van der Waals surface area contributed by atoms with Crippen molar-refractivity contribution in [1.82, 2.24) is 20.0 Å². The van der Waals surface area contributed by atoms with Crippen molar-refractivity contribution < 1.29 is 9.59 Å². The maximum atomic E-state index is 12.9. The van der Waals surface area contributed by atoms with Gasteiger partial charge in [0.2, 0.25) is 5.91 Å². The molecular formula is C17H30N4O2.